The molecule has 7 nitrogen and oxygen atoms in total. The number of Topliss-reactive ketones (excluding diaryl/α,β-unsaturated/α-hetero) is 1. The molecule has 3 aromatic rings. The second-order valence-corrected chi connectivity index (χ2v) is 11.3. The Labute approximate surface area is 242 Å². The number of nitrogens with two attached hydrogens (primary N) is 1. The topological polar surface area (TPSA) is 105 Å². The van der Waals surface area contributed by atoms with E-state index in [2.05, 4.69) is 4.99 Å². The van der Waals surface area contributed by atoms with Crippen molar-refractivity contribution in [1.82, 2.24) is 0 Å². The first-order valence-corrected chi connectivity index (χ1v) is 14.6. The Morgan fingerprint density at radius 3 is 2.51 bits per heavy atom. The molecule has 2 aliphatic rings. The monoisotopic (exact) mass is 553 g/mol. The van der Waals surface area contributed by atoms with E-state index in [9.17, 15) is 14.7 Å². The van der Waals surface area contributed by atoms with Crippen molar-refractivity contribution in [2.45, 2.75) is 70.7 Å². The average Bonchev–Trinajstić information content (AvgIpc) is 3.82. The van der Waals surface area contributed by atoms with Gasteiger partial charge >= 0.3 is 0 Å². The molecule has 3 N–H and O–H groups in total. The molecule has 1 amide bonds. The molecule has 0 aromatic heterocycles. The van der Waals surface area contributed by atoms with Crippen LogP contribution in [-0.2, 0) is 16.1 Å². The lowest BCUT2D eigenvalue weighted by Crippen LogP contribution is -2.62. The van der Waals surface area contributed by atoms with E-state index in [0.717, 1.165) is 36.8 Å². The van der Waals surface area contributed by atoms with E-state index >= 15 is 0 Å². The molecule has 3 aromatic carbocycles. The Morgan fingerprint density at radius 2 is 1.78 bits per heavy atom. The minimum atomic E-state index is -2.14. The predicted octanol–water partition coefficient (Wildman–Crippen LogP) is 6.03. The van der Waals surface area contributed by atoms with E-state index in [-0.39, 0.29) is 6.54 Å². The number of carbonyl (C=O) groups is 2. The van der Waals surface area contributed by atoms with E-state index in [4.69, 9.17) is 10.5 Å². The second kappa shape index (κ2) is 12.4. The van der Waals surface area contributed by atoms with E-state index < -0.39 is 29.4 Å². The Bertz CT molecular complexity index is 1420. The maximum atomic E-state index is 14.4. The number of fused-ring (bicyclic) bond motifs is 1. The van der Waals surface area contributed by atoms with Crippen LogP contribution < -0.4 is 15.4 Å². The number of hydrogen-bond donors (Lipinski definition) is 2. The summed E-state index contributed by atoms with van der Waals surface area (Å²) in [5, 5.41) is 11.1. The van der Waals surface area contributed by atoms with Gasteiger partial charge in [-0.05, 0) is 61.6 Å². The van der Waals surface area contributed by atoms with Crippen LogP contribution in [0, 0.1) is 11.8 Å². The number of hydrogen-bond acceptors (Lipinski definition) is 6. The summed E-state index contributed by atoms with van der Waals surface area (Å²) in [6.07, 6.45) is 3.90. The number of benzodiazepines with no additional fused rings is 1. The number of aliphatic hydroxyl groups is 1. The van der Waals surface area contributed by atoms with Crippen molar-refractivity contribution in [2.75, 3.05) is 4.90 Å². The Balaban J connectivity index is 1.49. The third kappa shape index (κ3) is 6.42. The second-order valence-electron chi connectivity index (χ2n) is 11.3. The number of aliphatic hydroxyl groups excluding tert-OH is 1. The van der Waals surface area contributed by atoms with Crippen LogP contribution in [0.5, 0.6) is 11.5 Å². The molecular weight excluding hydrogens is 514 g/mol. The van der Waals surface area contributed by atoms with E-state index in [1.165, 1.54) is 0 Å². The fourth-order valence-corrected chi connectivity index (χ4v) is 5.58. The molecule has 1 saturated carbocycles. The largest absolute Gasteiger partial charge is 0.457 e. The lowest BCUT2D eigenvalue weighted by atomic mass is 9.82. The number of anilines is 1. The maximum absolute atomic E-state index is 14.4. The van der Waals surface area contributed by atoms with Crippen LogP contribution in [0.25, 0.3) is 0 Å². The molecule has 41 heavy (non-hydrogen) atoms. The molecule has 5 rings (SSSR count). The average molecular weight is 554 g/mol. The molecule has 1 aliphatic heterocycles. The summed E-state index contributed by atoms with van der Waals surface area (Å²) < 4.78 is 6.03. The van der Waals surface area contributed by atoms with Crippen LogP contribution in [0.4, 0.5) is 5.69 Å². The Kier molecular flexibility index (Phi) is 8.66. The van der Waals surface area contributed by atoms with Gasteiger partial charge in [-0.2, -0.15) is 0 Å². The number of ether oxygens (including phenoxy) is 1. The van der Waals surface area contributed by atoms with Gasteiger partial charge < -0.3 is 14.7 Å². The maximum Gasteiger partial charge on any atom is 0.277 e. The summed E-state index contributed by atoms with van der Waals surface area (Å²) in [5.41, 5.74) is 7.35. The van der Waals surface area contributed by atoms with Gasteiger partial charge in [0.15, 0.2) is 5.78 Å². The molecule has 1 aliphatic carbocycles. The number of rotatable bonds is 12. The first kappa shape index (κ1) is 28.7. The Hall–Kier alpha value is -3.81. The quantitative estimate of drug-likeness (QED) is 0.267. The molecule has 1 heterocycles. The van der Waals surface area contributed by atoms with E-state index in [0.29, 0.717) is 41.7 Å². The van der Waals surface area contributed by atoms with Crippen LogP contribution in [0.15, 0.2) is 83.9 Å². The van der Waals surface area contributed by atoms with Gasteiger partial charge in [0, 0.05) is 17.2 Å². The first-order chi connectivity index (χ1) is 19.8. The zero-order chi connectivity index (χ0) is 29.0. The zero-order valence-corrected chi connectivity index (χ0v) is 23.8. The van der Waals surface area contributed by atoms with Crippen molar-refractivity contribution < 1.29 is 19.4 Å². The highest BCUT2D eigenvalue weighted by Gasteiger charge is 2.51. The molecule has 0 radical (unpaired) electrons. The van der Waals surface area contributed by atoms with Gasteiger partial charge in [-0.25, -0.2) is 4.99 Å². The number of nitrogens with zero attached hydrogens (tertiary/aromatic N) is 2. The molecule has 7 heteroatoms. The molecule has 0 saturated heterocycles. The molecule has 0 bridgehead atoms. The van der Waals surface area contributed by atoms with E-state index in [1.54, 1.807) is 11.8 Å². The summed E-state index contributed by atoms with van der Waals surface area (Å²) in [6, 6.07) is 24.5. The highest BCUT2D eigenvalue weighted by atomic mass is 16.5. The van der Waals surface area contributed by atoms with Crippen molar-refractivity contribution in [3.8, 4) is 11.5 Å². The SMILES string of the molecule is CCCC[C@H](O)[C@@H](CC1CC1)C(=O)C1(N)N=C(C)c2ccccc2N(Cc2cccc(Oc3ccccc3)c2)C1=O. The predicted molar refractivity (Wildman–Crippen MR) is 161 cm³/mol. The number of unbranched alkanes of at least 4 members (excludes halogenated alkanes) is 1. The number of carbonyl (C=O) groups excluding carboxylic acids is 2. The van der Waals surface area contributed by atoms with Gasteiger partial charge in [0.25, 0.3) is 5.91 Å². The summed E-state index contributed by atoms with van der Waals surface area (Å²) >= 11 is 0. The fraction of sp³-hybridized carbons (Fsp3) is 0.382. The summed E-state index contributed by atoms with van der Waals surface area (Å²) in [4.78, 5) is 34.8. The van der Waals surface area contributed by atoms with Crippen LogP contribution in [0.1, 0.15) is 63.5 Å². The normalized spacial score (nSPS) is 20.0. The van der Waals surface area contributed by atoms with Crippen molar-refractivity contribution in [3.63, 3.8) is 0 Å². The number of benzene rings is 3. The number of aliphatic imine (C=N–C) groups is 1. The minimum Gasteiger partial charge on any atom is -0.457 e. The van der Waals surface area contributed by atoms with Crippen molar-refractivity contribution in [3.05, 3.63) is 90.0 Å². The highest BCUT2D eigenvalue weighted by Crippen LogP contribution is 2.39. The molecule has 0 spiro atoms. The minimum absolute atomic E-state index is 0.169. The van der Waals surface area contributed by atoms with Crippen molar-refractivity contribution in [2.24, 2.45) is 22.6 Å². The molecule has 1 unspecified atom stereocenters. The number of para-hydroxylation sites is 2. The summed E-state index contributed by atoms with van der Waals surface area (Å²) in [7, 11) is 0. The zero-order valence-electron chi connectivity index (χ0n) is 23.8. The summed E-state index contributed by atoms with van der Waals surface area (Å²) in [6.45, 7) is 4.00. The van der Waals surface area contributed by atoms with Gasteiger partial charge in [0.2, 0.25) is 5.66 Å². The number of ketones is 1. The van der Waals surface area contributed by atoms with E-state index in [1.807, 2.05) is 85.8 Å². The molecule has 1 fully saturated rings. The van der Waals surface area contributed by atoms with Crippen LogP contribution in [0.3, 0.4) is 0 Å². The standard InChI is InChI=1S/C34H39N3O4/c1-3-4-17-31(38)29(21-24-18-19-24)32(39)34(35)33(40)37(30-16-9-8-15-28(30)23(2)36-34)22-25-11-10-14-27(20-25)41-26-12-6-5-7-13-26/h5-16,20,24,29,31,38H,3-4,17-19,21-22,35H2,1-2H3/t29-,31+,34?/m1/s1. The fourth-order valence-electron chi connectivity index (χ4n) is 5.58. The molecular formula is C34H39N3O4. The van der Waals surface area contributed by atoms with Crippen LogP contribution in [0.2, 0.25) is 0 Å². The summed E-state index contributed by atoms with van der Waals surface area (Å²) in [5.74, 6) is -0.128. The van der Waals surface area contributed by atoms with Crippen molar-refractivity contribution >= 4 is 23.1 Å². The third-order valence-electron chi connectivity index (χ3n) is 8.03. The van der Waals surface area contributed by atoms with Crippen molar-refractivity contribution in [1.29, 1.82) is 0 Å². The van der Waals surface area contributed by atoms with Gasteiger partial charge in [-0.3, -0.25) is 15.3 Å². The highest BCUT2D eigenvalue weighted by molar-refractivity contribution is 6.22. The van der Waals surface area contributed by atoms with Gasteiger partial charge in [-0.15, -0.1) is 0 Å². The van der Waals surface area contributed by atoms with Gasteiger partial charge in [-0.1, -0.05) is 81.1 Å². The van der Waals surface area contributed by atoms with Crippen LogP contribution in [-0.4, -0.2) is 34.3 Å². The third-order valence-corrected chi connectivity index (χ3v) is 8.03. The van der Waals surface area contributed by atoms with Crippen LogP contribution >= 0.6 is 0 Å². The van der Waals surface area contributed by atoms with Gasteiger partial charge in [0.1, 0.15) is 11.5 Å². The smallest absolute Gasteiger partial charge is 0.277 e. The van der Waals surface area contributed by atoms with Gasteiger partial charge in [0.05, 0.1) is 18.3 Å². The lowest BCUT2D eigenvalue weighted by Gasteiger charge is -2.33. The number of amides is 1. The lowest BCUT2D eigenvalue weighted by molar-refractivity contribution is -0.139. The molecule has 214 valence electrons. The molecule has 3 atom stereocenters. The first-order valence-electron chi connectivity index (χ1n) is 14.6. The Morgan fingerprint density at radius 1 is 1.07 bits per heavy atom.